The largest absolute Gasteiger partial charge is 0.336 e. The molecule has 144 valence electrons. The van der Waals surface area contributed by atoms with E-state index in [4.69, 9.17) is 0 Å². The zero-order valence-electron chi connectivity index (χ0n) is 15.9. The monoisotopic (exact) mass is 377 g/mol. The van der Waals surface area contributed by atoms with E-state index in [9.17, 15) is 4.79 Å². The first kappa shape index (κ1) is 18.2. The molecule has 0 unspecified atom stereocenters. The first-order valence-electron chi connectivity index (χ1n) is 9.48. The summed E-state index contributed by atoms with van der Waals surface area (Å²) in [5.41, 5.74) is 2.65. The Morgan fingerprint density at radius 3 is 2.46 bits per heavy atom. The second-order valence-corrected chi connectivity index (χ2v) is 6.89. The molecule has 0 aliphatic carbocycles. The van der Waals surface area contributed by atoms with Crippen LogP contribution in [-0.4, -0.2) is 73.6 Å². The molecule has 3 aromatic rings. The Labute approximate surface area is 163 Å². The number of piperazine rings is 1. The molecule has 0 N–H and O–H groups in total. The Morgan fingerprint density at radius 2 is 1.82 bits per heavy atom. The highest BCUT2D eigenvalue weighted by atomic mass is 16.2. The summed E-state index contributed by atoms with van der Waals surface area (Å²) in [6.45, 7) is 6.08. The number of amides is 1. The van der Waals surface area contributed by atoms with Crippen LogP contribution >= 0.6 is 0 Å². The molecule has 0 spiro atoms. The van der Waals surface area contributed by atoms with Gasteiger partial charge in [0.15, 0.2) is 5.82 Å². The van der Waals surface area contributed by atoms with Crippen LogP contribution in [0.2, 0.25) is 0 Å². The van der Waals surface area contributed by atoms with Crippen molar-refractivity contribution in [2.24, 2.45) is 0 Å². The van der Waals surface area contributed by atoms with Gasteiger partial charge in [0.25, 0.3) is 5.91 Å². The molecule has 1 aliphatic heterocycles. The third-order valence-corrected chi connectivity index (χ3v) is 5.05. The second kappa shape index (κ2) is 8.26. The number of benzene rings is 1. The summed E-state index contributed by atoms with van der Waals surface area (Å²) in [5, 5.41) is 11.5. The van der Waals surface area contributed by atoms with E-state index in [1.807, 2.05) is 54.4 Å². The number of hydrogen-bond donors (Lipinski definition) is 0. The molecule has 8 nitrogen and oxygen atoms in total. The van der Waals surface area contributed by atoms with E-state index in [1.54, 1.807) is 4.68 Å². The zero-order chi connectivity index (χ0) is 19.3. The van der Waals surface area contributed by atoms with E-state index in [2.05, 4.69) is 31.5 Å². The van der Waals surface area contributed by atoms with Crippen LogP contribution in [0.15, 0.2) is 48.7 Å². The number of tetrazole rings is 1. The van der Waals surface area contributed by atoms with Crippen molar-refractivity contribution < 1.29 is 4.79 Å². The van der Waals surface area contributed by atoms with Gasteiger partial charge < -0.3 is 4.90 Å². The molecule has 8 heteroatoms. The molecule has 3 heterocycles. The van der Waals surface area contributed by atoms with Crippen LogP contribution in [0.1, 0.15) is 21.9 Å². The van der Waals surface area contributed by atoms with E-state index < -0.39 is 0 Å². The highest BCUT2D eigenvalue weighted by Gasteiger charge is 2.22. The van der Waals surface area contributed by atoms with Gasteiger partial charge in [-0.15, -0.1) is 5.10 Å². The third kappa shape index (κ3) is 4.07. The Kier molecular flexibility index (Phi) is 5.38. The molecule has 1 amide bonds. The van der Waals surface area contributed by atoms with Crippen molar-refractivity contribution in [3.05, 3.63) is 65.7 Å². The van der Waals surface area contributed by atoms with Crippen LogP contribution in [0.4, 0.5) is 0 Å². The number of carbonyl (C=O) groups excluding carboxylic acids is 1. The van der Waals surface area contributed by atoms with Gasteiger partial charge in [-0.1, -0.05) is 6.07 Å². The van der Waals surface area contributed by atoms with Crippen LogP contribution < -0.4 is 0 Å². The lowest BCUT2D eigenvalue weighted by Gasteiger charge is -2.34. The van der Waals surface area contributed by atoms with Crippen molar-refractivity contribution in [1.82, 2.24) is 35.0 Å². The Bertz CT molecular complexity index is 915. The second-order valence-electron chi connectivity index (χ2n) is 6.89. The number of aromatic nitrogens is 5. The van der Waals surface area contributed by atoms with Crippen LogP contribution in [0, 0.1) is 6.92 Å². The molecular formula is C20H23N7O. The fourth-order valence-electron chi connectivity index (χ4n) is 3.39. The minimum absolute atomic E-state index is 0.0735. The van der Waals surface area contributed by atoms with Crippen molar-refractivity contribution in [3.8, 4) is 5.69 Å². The molecule has 0 saturated carbocycles. The molecule has 0 bridgehead atoms. The average Bonchev–Trinajstić information content (AvgIpc) is 3.19. The molecule has 0 radical (unpaired) electrons. The van der Waals surface area contributed by atoms with Gasteiger partial charge in [0.2, 0.25) is 0 Å². The standard InChI is InChI=1S/C20H23N7O/c1-16-22-23-24-27(16)19-7-5-17(6-8-19)20(28)26-14-12-25(13-15-26)11-9-18-4-2-3-10-21-18/h2-8,10H,9,11-15H2,1H3. The number of hydrogen-bond acceptors (Lipinski definition) is 6. The lowest BCUT2D eigenvalue weighted by atomic mass is 10.1. The first-order chi connectivity index (χ1) is 13.7. The molecule has 1 aliphatic rings. The van der Waals surface area contributed by atoms with Crippen molar-refractivity contribution in [3.63, 3.8) is 0 Å². The maximum atomic E-state index is 12.8. The van der Waals surface area contributed by atoms with Gasteiger partial charge in [0.05, 0.1) is 5.69 Å². The molecular weight excluding hydrogens is 354 g/mol. The topological polar surface area (TPSA) is 80.0 Å². The molecule has 1 fully saturated rings. The number of nitrogens with zero attached hydrogens (tertiary/aromatic N) is 7. The lowest BCUT2D eigenvalue weighted by Crippen LogP contribution is -2.49. The fourth-order valence-corrected chi connectivity index (χ4v) is 3.39. The van der Waals surface area contributed by atoms with Gasteiger partial charge in [-0.3, -0.25) is 14.7 Å². The smallest absolute Gasteiger partial charge is 0.253 e. The van der Waals surface area contributed by atoms with Gasteiger partial charge in [-0.05, 0) is 53.7 Å². The summed E-state index contributed by atoms with van der Waals surface area (Å²) in [4.78, 5) is 21.5. The Morgan fingerprint density at radius 1 is 1.04 bits per heavy atom. The molecule has 1 saturated heterocycles. The molecule has 2 aromatic heterocycles. The maximum absolute atomic E-state index is 12.8. The highest BCUT2D eigenvalue weighted by Crippen LogP contribution is 2.13. The van der Waals surface area contributed by atoms with Gasteiger partial charge in [-0.25, -0.2) is 0 Å². The van der Waals surface area contributed by atoms with Crippen LogP contribution in [0.5, 0.6) is 0 Å². The predicted molar refractivity (Wildman–Crippen MR) is 104 cm³/mol. The molecule has 0 atom stereocenters. The number of pyridine rings is 1. The molecule has 28 heavy (non-hydrogen) atoms. The minimum atomic E-state index is 0.0735. The first-order valence-corrected chi connectivity index (χ1v) is 9.48. The van der Waals surface area contributed by atoms with E-state index >= 15 is 0 Å². The lowest BCUT2D eigenvalue weighted by molar-refractivity contribution is 0.0638. The average molecular weight is 377 g/mol. The summed E-state index contributed by atoms with van der Waals surface area (Å²) in [6, 6.07) is 13.4. The zero-order valence-corrected chi connectivity index (χ0v) is 15.9. The fraction of sp³-hybridized carbons (Fsp3) is 0.350. The van der Waals surface area contributed by atoms with Crippen molar-refractivity contribution in [2.45, 2.75) is 13.3 Å². The van der Waals surface area contributed by atoms with Crippen LogP contribution in [0.25, 0.3) is 5.69 Å². The quantitative estimate of drug-likeness (QED) is 0.668. The van der Waals surface area contributed by atoms with Crippen molar-refractivity contribution >= 4 is 5.91 Å². The normalized spacial score (nSPS) is 15.0. The Balaban J connectivity index is 1.31. The summed E-state index contributed by atoms with van der Waals surface area (Å²) < 4.78 is 1.65. The van der Waals surface area contributed by atoms with E-state index in [1.165, 1.54) is 0 Å². The van der Waals surface area contributed by atoms with E-state index in [0.29, 0.717) is 11.4 Å². The van der Waals surface area contributed by atoms with Gasteiger partial charge in [0, 0.05) is 56.6 Å². The SMILES string of the molecule is Cc1nnnn1-c1ccc(C(=O)N2CCN(CCc3ccccn3)CC2)cc1. The minimum Gasteiger partial charge on any atom is -0.336 e. The maximum Gasteiger partial charge on any atom is 0.253 e. The van der Waals surface area contributed by atoms with Gasteiger partial charge >= 0.3 is 0 Å². The van der Waals surface area contributed by atoms with E-state index in [0.717, 1.165) is 50.5 Å². The number of aryl methyl sites for hydroxylation is 1. The van der Waals surface area contributed by atoms with Crippen molar-refractivity contribution in [2.75, 3.05) is 32.7 Å². The summed E-state index contributed by atoms with van der Waals surface area (Å²) in [6.07, 6.45) is 2.77. The summed E-state index contributed by atoms with van der Waals surface area (Å²) >= 11 is 0. The van der Waals surface area contributed by atoms with E-state index in [-0.39, 0.29) is 5.91 Å². The van der Waals surface area contributed by atoms with Crippen LogP contribution in [0.3, 0.4) is 0 Å². The molecule has 1 aromatic carbocycles. The number of carbonyl (C=O) groups is 1. The third-order valence-electron chi connectivity index (χ3n) is 5.05. The highest BCUT2D eigenvalue weighted by molar-refractivity contribution is 5.94. The van der Waals surface area contributed by atoms with Crippen LogP contribution in [-0.2, 0) is 6.42 Å². The summed E-state index contributed by atoms with van der Waals surface area (Å²) in [5.74, 6) is 0.783. The van der Waals surface area contributed by atoms with Gasteiger partial charge in [-0.2, -0.15) is 4.68 Å². The molecule has 4 rings (SSSR count). The Hall–Kier alpha value is -3.13. The number of rotatable bonds is 5. The summed E-state index contributed by atoms with van der Waals surface area (Å²) in [7, 11) is 0. The van der Waals surface area contributed by atoms with Crippen molar-refractivity contribution in [1.29, 1.82) is 0 Å². The van der Waals surface area contributed by atoms with Gasteiger partial charge in [0.1, 0.15) is 0 Å². The predicted octanol–water partition coefficient (Wildman–Crippen LogP) is 1.37.